The van der Waals surface area contributed by atoms with Gasteiger partial charge in [0.05, 0.1) is 13.2 Å². The minimum absolute atomic E-state index is 0.103. The maximum absolute atomic E-state index is 13.1. The molecule has 168 valence electrons. The zero-order valence-corrected chi connectivity index (χ0v) is 20.3. The van der Waals surface area contributed by atoms with Crippen LogP contribution in [0.5, 0.6) is 5.75 Å². The molecule has 0 spiro atoms. The van der Waals surface area contributed by atoms with Crippen LogP contribution in [0.25, 0.3) is 0 Å². The summed E-state index contributed by atoms with van der Waals surface area (Å²) in [4.78, 5) is 27.2. The molecule has 1 atom stereocenters. The lowest BCUT2D eigenvalue weighted by atomic mass is 10.1. The van der Waals surface area contributed by atoms with Crippen molar-refractivity contribution >= 4 is 28.0 Å². The van der Waals surface area contributed by atoms with E-state index in [-0.39, 0.29) is 13.2 Å². The minimum Gasteiger partial charge on any atom is -0.493 e. The highest BCUT2D eigenvalue weighted by molar-refractivity contribution is 9.10. The van der Waals surface area contributed by atoms with Gasteiger partial charge in [0.25, 0.3) is 0 Å². The minimum atomic E-state index is -0.857. The second-order valence-corrected chi connectivity index (χ2v) is 8.88. The molecule has 0 N–H and O–H groups in total. The summed E-state index contributed by atoms with van der Waals surface area (Å²) in [6.45, 7) is 9.58. The Labute approximate surface area is 192 Å². The van der Waals surface area contributed by atoms with Crippen LogP contribution < -0.4 is 4.74 Å². The van der Waals surface area contributed by atoms with Crippen LogP contribution in [0.4, 0.5) is 4.79 Å². The number of halogens is 1. The van der Waals surface area contributed by atoms with Gasteiger partial charge in [-0.2, -0.15) is 0 Å². The summed E-state index contributed by atoms with van der Waals surface area (Å²) in [6.07, 6.45) is -0.611. The molecule has 0 heterocycles. The Hall–Kier alpha value is -2.54. The van der Waals surface area contributed by atoms with Crippen LogP contribution in [-0.2, 0) is 27.4 Å². The maximum atomic E-state index is 13.1. The largest absolute Gasteiger partial charge is 0.493 e. The quantitative estimate of drug-likeness (QED) is 0.442. The first-order valence-corrected chi connectivity index (χ1v) is 11.0. The topological polar surface area (TPSA) is 65.1 Å². The summed E-state index contributed by atoms with van der Waals surface area (Å²) in [5.41, 5.74) is 0.933. The van der Waals surface area contributed by atoms with Gasteiger partial charge < -0.3 is 14.2 Å². The van der Waals surface area contributed by atoms with E-state index < -0.39 is 23.7 Å². The first-order chi connectivity index (χ1) is 14.6. The molecule has 1 unspecified atom stereocenters. The van der Waals surface area contributed by atoms with E-state index in [1.54, 1.807) is 27.7 Å². The Morgan fingerprint density at radius 3 is 2.35 bits per heavy atom. The Morgan fingerprint density at radius 2 is 1.74 bits per heavy atom. The van der Waals surface area contributed by atoms with Crippen molar-refractivity contribution in [2.24, 2.45) is 0 Å². The van der Waals surface area contributed by atoms with Crippen molar-refractivity contribution in [3.8, 4) is 5.75 Å². The van der Waals surface area contributed by atoms with E-state index in [1.165, 1.54) is 4.90 Å². The zero-order chi connectivity index (χ0) is 23.0. The highest BCUT2D eigenvalue weighted by Gasteiger charge is 2.32. The van der Waals surface area contributed by atoms with E-state index >= 15 is 0 Å². The van der Waals surface area contributed by atoms with Crippen molar-refractivity contribution in [3.05, 3.63) is 64.1 Å². The molecular formula is C24H30BrNO5. The van der Waals surface area contributed by atoms with Gasteiger partial charge in [0.2, 0.25) is 0 Å². The molecular weight excluding hydrogens is 462 g/mol. The Morgan fingerprint density at radius 1 is 1.06 bits per heavy atom. The van der Waals surface area contributed by atoms with Crippen molar-refractivity contribution < 1.29 is 23.8 Å². The Kier molecular flexibility index (Phi) is 8.92. The van der Waals surface area contributed by atoms with Gasteiger partial charge in [0, 0.05) is 10.0 Å². The highest BCUT2D eigenvalue weighted by atomic mass is 79.9. The van der Waals surface area contributed by atoms with Crippen LogP contribution in [0.15, 0.2) is 53.0 Å². The van der Waals surface area contributed by atoms with E-state index in [1.807, 2.05) is 55.5 Å². The fourth-order valence-electron chi connectivity index (χ4n) is 2.83. The van der Waals surface area contributed by atoms with E-state index in [2.05, 4.69) is 15.9 Å². The van der Waals surface area contributed by atoms with Crippen LogP contribution in [0.2, 0.25) is 0 Å². The summed E-state index contributed by atoms with van der Waals surface area (Å²) >= 11 is 3.53. The predicted molar refractivity (Wildman–Crippen MR) is 123 cm³/mol. The number of hydrogen-bond donors (Lipinski definition) is 0. The van der Waals surface area contributed by atoms with Crippen molar-refractivity contribution in [1.29, 1.82) is 0 Å². The fraction of sp³-hybridized carbons (Fsp3) is 0.417. The van der Waals surface area contributed by atoms with Crippen LogP contribution in [0.3, 0.4) is 0 Å². The average Bonchev–Trinajstić information content (AvgIpc) is 2.71. The molecule has 0 radical (unpaired) electrons. The number of amides is 1. The number of hydrogen-bond acceptors (Lipinski definition) is 5. The molecule has 1 amide bonds. The normalized spacial score (nSPS) is 12.1. The van der Waals surface area contributed by atoms with E-state index in [9.17, 15) is 9.59 Å². The molecule has 2 aromatic carbocycles. The number of benzene rings is 2. The van der Waals surface area contributed by atoms with Crippen LogP contribution in [0, 0.1) is 0 Å². The summed E-state index contributed by atoms with van der Waals surface area (Å²) in [7, 11) is 0. The van der Waals surface area contributed by atoms with Gasteiger partial charge in [-0.1, -0.05) is 52.3 Å². The maximum Gasteiger partial charge on any atom is 0.411 e. The third kappa shape index (κ3) is 7.58. The van der Waals surface area contributed by atoms with Crippen LogP contribution in [-0.4, -0.2) is 35.2 Å². The van der Waals surface area contributed by atoms with Gasteiger partial charge in [0.1, 0.15) is 24.0 Å². The lowest BCUT2D eigenvalue weighted by Crippen LogP contribution is -2.45. The number of rotatable bonds is 8. The fourth-order valence-corrected chi connectivity index (χ4v) is 3.30. The molecule has 2 aromatic rings. The molecule has 0 aromatic heterocycles. The van der Waals surface area contributed by atoms with Gasteiger partial charge in [-0.05, 0) is 52.3 Å². The monoisotopic (exact) mass is 491 g/mol. The molecule has 31 heavy (non-hydrogen) atoms. The van der Waals surface area contributed by atoms with Crippen molar-refractivity contribution in [2.75, 3.05) is 6.61 Å². The van der Waals surface area contributed by atoms with Gasteiger partial charge in [-0.25, -0.2) is 9.59 Å². The van der Waals surface area contributed by atoms with E-state index in [0.29, 0.717) is 12.4 Å². The molecule has 6 nitrogen and oxygen atoms in total. The Bertz CT molecular complexity index is 879. The smallest absolute Gasteiger partial charge is 0.411 e. The van der Waals surface area contributed by atoms with Crippen molar-refractivity contribution in [1.82, 2.24) is 4.90 Å². The molecule has 0 aliphatic rings. The van der Waals surface area contributed by atoms with Crippen LogP contribution >= 0.6 is 15.9 Å². The predicted octanol–water partition coefficient (Wildman–Crippen LogP) is 5.72. The van der Waals surface area contributed by atoms with Crippen molar-refractivity contribution in [2.45, 2.75) is 59.4 Å². The first kappa shape index (κ1) is 24.7. The number of nitrogens with zero attached hydrogens (tertiary/aromatic N) is 1. The molecule has 0 bridgehead atoms. The molecule has 0 fully saturated rings. The summed E-state index contributed by atoms with van der Waals surface area (Å²) in [6, 6.07) is 14.1. The number of carbonyl (C=O) groups excluding carboxylic acids is 2. The lowest BCUT2D eigenvalue weighted by molar-refractivity contribution is -0.160. The van der Waals surface area contributed by atoms with Gasteiger partial charge >= 0.3 is 12.1 Å². The van der Waals surface area contributed by atoms with Gasteiger partial charge in [0.15, 0.2) is 0 Å². The first-order valence-electron chi connectivity index (χ1n) is 10.2. The second-order valence-electron chi connectivity index (χ2n) is 8.03. The molecule has 0 saturated heterocycles. The number of ether oxygens (including phenoxy) is 3. The lowest BCUT2D eigenvalue weighted by Gasteiger charge is -2.30. The highest BCUT2D eigenvalue weighted by Crippen LogP contribution is 2.29. The SMILES string of the molecule is CCOc1cccc(Br)c1CN(C(=O)OCc1ccccc1)C(C)C(=O)OC(C)(C)C. The molecule has 0 aliphatic carbocycles. The van der Waals surface area contributed by atoms with Gasteiger partial charge in [-0.15, -0.1) is 0 Å². The molecule has 7 heteroatoms. The number of carbonyl (C=O) groups is 2. The Balaban J connectivity index is 2.29. The molecule has 0 aliphatic heterocycles. The van der Waals surface area contributed by atoms with Crippen LogP contribution in [0.1, 0.15) is 45.7 Å². The third-order valence-electron chi connectivity index (χ3n) is 4.36. The standard InChI is InChI=1S/C24H30BrNO5/c1-6-29-21-14-10-13-20(25)19(21)15-26(17(2)22(27)31-24(3,4)5)23(28)30-16-18-11-8-7-9-12-18/h7-14,17H,6,15-16H2,1-5H3. The third-order valence-corrected chi connectivity index (χ3v) is 5.10. The van der Waals surface area contributed by atoms with E-state index in [0.717, 1.165) is 15.6 Å². The second kappa shape index (κ2) is 11.2. The summed E-state index contributed by atoms with van der Waals surface area (Å²) < 4.78 is 17.5. The summed E-state index contributed by atoms with van der Waals surface area (Å²) in [5, 5.41) is 0. The van der Waals surface area contributed by atoms with Crippen molar-refractivity contribution in [3.63, 3.8) is 0 Å². The number of esters is 1. The average molecular weight is 492 g/mol. The van der Waals surface area contributed by atoms with E-state index in [4.69, 9.17) is 14.2 Å². The summed E-state index contributed by atoms with van der Waals surface area (Å²) in [5.74, 6) is 0.128. The molecule has 0 saturated carbocycles. The zero-order valence-electron chi connectivity index (χ0n) is 18.7. The molecule has 2 rings (SSSR count). The van der Waals surface area contributed by atoms with Gasteiger partial charge in [-0.3, -0.25) is 4.90 Å².